The van der Waals surface area contributed by atoms with Crippen molar-refractivity contribution < 1.29 is 4.39 Å². The van der Waals surface area contributed by atoms with Gasteiger partial charge in [0.1, 0.15) is 5.82 Å². The molecule has 0 amide bonds. The number of hydrogen-bond donors (Lipinski definition) is 0. The number of hydrogen-bond acceptors (Lipinski definition) is 4. The molecule has 1 aromatic carbocycles. The Hall–Kier alpha value is -0.650. The maximum atomic E-state index is 13.2. The van der Waals surface area contributed by atoms with Gasteiger partial charge in [0, 0.05) is 5.75 Å². The van der Waals surface area contributed by atoms with Gasteiger partial charge in [-0.3, -0.25) is 0 Å². The third kappa shape index (κ3) is 2.90. The van der Waals surface area contributed by atoms with Crippen molar-refractivity contribution in [3.63, 3.8) is 0 Å². The van der Waals surface area contributed by atoms with Crippen molar-refractivity contribution in [2.45, 2.75) is 10.9 Å². The van der Waals surface area contributed by atoms with Crippen LogP contribution in [-0.4, -0.2) is 9.36 Å². The van der Waals surface area contributed by atoms with Crippen LogP contribution in [0, 0.1) is 5.82 Å². The number of halogens is 2. The van der Waals surface area contributed by atoms with Crippen LogP contribution in [0.5, 0.6) is 0 Å². The van der Waals surface area contributed by atoms with Crippen molar-refractivity contribution in [2.75, 3.05) is 0 Å². The smallest absolute Gasteiger partial charge is 0.204 e. The fourth-order valence-corrected chi connectivity index (χ4v) is 2.62. The summed E-state index contributed by atoms with van der Waals surface area (Å²) in [6.45, 7) is 0. The van der Waals surface area contributed by atoms with Crippen LogP contribution < -0.4 is 0 Å². The Balaban J connectivity index is 2.02. The van der Waals surface area contributed by atoms with Gasteiger partial charge in [0.25, 0.3) is 0 Å². The van der Waals surface area contributed by atoms with E-state index < -0.39 is 0 Å². The second-order valence-electron chi connectivity index (χ2n) is 2.71. The Labute approximate surface area is 99.7 Å². The highest BCUT2D eigenvalue weighted by Gasteiger charge is 2.05. The van der Waals surface area contributed by atoms with E-state index in [0.717, 1.165) is 11.5 Å². The molecule has 6 heteroatoms. The SMILES string of the molecule is Fc1ccccc1CSc1nsc(Cl)n1. The van der Waals surface area contributed by atoms with Gasteiger partial charge >= 0.3 is 0 Å². The van der Waals surface area contributed by atoms with E-state index in [0.29, 0.717) is 20.9 Å². The van der Waals surface area contributed by atoms with Gasteiger partial charge < -0.3 is 0 Å². The van der Waals surface area contributed by atoms with E-state index in [-0.39, 0.29) is 5.82 Å². The van der Waals surface area contributed by atoms with Crippen molar-refractivity contribution >= 4 is 34.9 Å². The highest BCUT2D eigenvalue weighted by molar-refractivity contribution is 7.98. The number of rotatable bonds is 3. The molecule has 0 bridgehead atoms. The Kier molecular flexibility index (Phi) is 3.56. The molecule has 0 spiro atoms. The van der Waals surface area contributed by atoms with Crippen molar-refractivity contribution in [1.82, 2.24) is 9.36 Å². The summed E-state index contributed by atoms with van der Waals surface area (Å²) < 4.78 is 17.6. The highest BCUT2D eigenvalue weighted by atomic mass is 35.5. The van der Waals surface area contributed by atoms with Crippen molar-refractivity contribution in [2.24, 2.45) is 0 Å². The van der Waals surface area contributed by atoms with Crippen molar-refractivity contribution in [1.29, 1.82) is 0 Å². The zero-order valence-electron chi connectivity index (χ0n) is 7.48. The average Bonchev–Trinajstić information content (AvgIpc) is 2.63. The zero-order chi connectivity index (χ0) is 10.7. The summed E-state index contributed by atoms with van der Waals surface area (Å²) in [5.74, 6) is 0.311. The average molecular weight is 261 g/mol. The molecule has 0 unspecified atom stereocenters. The maximum absolute atomic E-state index is 13.2. The van der Waals surface area contributed by atoms with Gasteiger partial charge in [0.2, 0.25) is 9.62 Å². The maximum Gasteiger partial charge on any atom is 0.204 e. The summed E-state index contributed by atoms with van der Waals surface area (Å²) in [6.07, 6.45) is 0. The fourth-order valence-electron chi connectivity index (χ4n) is 1.01. The van der Waals surface area contributed by atoms with E-state index in [4.69, 9.17) is 11.6 Å². The molecular formula is C9H6ClFN2S2. The van der Waals surface area contributed by atoms with Gasteiger partial charge in [-0.05, 0) is 34.8 Å². The molecule has 78 valence electrons. The first kappa shape index (κ1) is 10.9. The molecule has 0 radical (unpaired) electrons. The first-order chi connectivity index (χ1) is 7.25. The minimum Gasteiger partial charge on any atom is -0.207 e. The molecule has 15 heavy (non-hydrogen) atoms. The lowest BCUT2D eigenvalue weighted by atomic mass is 10.2. The molecular weight excluding hydrogens is 255 g/mol. The van der Waals surface area contributed by atoms with Crippen LogP contribution in [0.25, 0.3) is 0 Å². The van der Waals surface area contributed by atoms with E-state index in [1.54, 1.807) is 18.2 Å². The van der Waals surface area contributed by atoms with Crippen LogP contribution in [0.1, 0.15) is 5.56 Å². The van der Waals surface area contributed by atoms with Gasteiger partial charge in [0.15, 0.2) is 0 Å². The number of benzene rings is 1. The fraction of sp³-hybridized carbons (Fsp3) is 0.111. The Morgan fingerprint density at radius 1 is 1.40 bits per heavy atom. The minimum atomic E-state index is -0.202. The van der Waals surface area contributed by atoms with E-state index in [2.05, 4.69) is 9.36 Å². The molecule has 0 fully saturated rings. The lowest BCUT2D eigenvalue weighted by Gasteiger charge is -1.99. The minimum absolute atomic E-state index is 0.202. The third-order valence-electron chi connectivity index (χ3n) is 1.70. The highest BCUT2D eigenvalue weighted by Crippen LogP contribution is 2.24. The lowest BCUT2D eigenvalue weighted by molar-refractivity contribution is 0.617. The van der Waals surface area contributed by atoms with Gasteiger partial charge in [-0.25, -0.2) is 4.39 Å². The lowest BCUT2D eigenvalue weighted by Crippen LogP contribution is -1.86. The molecule has 1 heterocycles. The summed E-state index contributed by atoms with van der Waals surface area (Å²) in [6, 6.07) is 6.66. The quantitative estimate of drug-likeness (QED) is 0.789. The Morgan fingerprint density at radius 3 is 2.87 bits per heavy atom. The van der Waals surface area contributed by atoms with Gasteiger partial charge in [-0.1, -0.05) is 30.0 Å². The summed E-state index contributed by atoms with van der Waals surface area (Å²) >= 11 is 8.14. The summed E-state index contributed by atoms with van der Waals surface area (Å²) in [5.41, 5.74) is 0.647. The second kappa shape index (κ2) is 4.92. The summed E-state index contributed by atoms with van der Waals surface area (Å²) in [7, 11) is 0. The topological polar surface area (TPSA) is 25.8 Å². The van der Waals surface area contributed by atoms with E-state index in [1.165, 1.54) is 17.8 Å². The largest absolute Gasteiger partial charge is 0.207 e. The van der Waals surface area contributed by atoms with Crippen molar-refractivity contribution in [3.05, 3.63) is 40.1 Å². The Morgan fingerprint density at radius 2 is 2.20 bits per heavy atom. The molecule has 2 aromatic rings. The van der Waals surface area contributed by atoms with Crippen molar-refractivity contribution in [3.8, 4) is 0 Å². The van der Waals surface area contributed by atoms with Crippen LogP contribution in [0.4, 0.5) is 4.39 Å². The molecule has 0 aliphatic carbocycles. The molecule has 1 aromatic heterocycles. The predicted octanol–water partition coefficient (Wildman–Crippen LogP) is 3.62. The van der Waals surface area contributed by atoms with Crippen LogP contribution in [-0.2, 0) is 5.75 Å². The van der Waals surface area contributed by atoms with Crippen LogP contribution in [0.2, 0.25) is 4.47 Å². The van der Waals surface area contributed by atoms with E-state index >= 15 is 0 Å². The van der Waals surface area contributed by atoms with E-state index in [1.807, 2.05) is 0 Å². The second-order valence-corrected chi connectivity index (χ2v) is 4.99. The molecule has 0 aliphatic heterocycles. The van der Waals surface area contributed by atoms with Crippen LogP contribution in [0.3, 0.4) is 0 Å². The number of nitrogens with zero attached hydrogens (tertiary/aromatic N) is 2. The molecule has 0 saturated heterocycles. The molecule has 0 atom stereocenters. The molecule has 0 saturated carbocycles. The molecule has 0 aliphatic rings. The monoisotopic (exact) mass is 260 g/mol. The van der Waals surface area contributed by atoms with Crippen LogP contribution in [0.15, 0.2) is 29.4 Å². The van der Waals surface area contributed by atoms with E-state index in [9.17, 15) is 4.39 Å². The van der Waals surface area contributed by atoms with Crippen LogP contribution >= 0.6 is 34.9 Å². The van der Waals surface area contributed by atoms with Gasteiger partial charge in [-0.15, -0.1) is 0 Å². The standard InChI is InChI=1S/C9H6ClFN2S2/c10-8-12-9(13-15-8)14-5-6-3-1-2-4-7(6)11/h1-4H,5H2. The van der Waals surface area contributed by atoms with Gasteiger partial charge in [-0.2, -0.15) is 9.36 Å². The number of thioether (sulfide) groups is 1. The molecule has 0 N–H and O–H groups in total. The Bertz CT molecular complexity index is 461. The first-order valence-electron chi connectivity index (χ1n) is 4.11. The predicted molar refractivity (Wildman–Crippen MR) is 60.9 cm³/mol. The molecule has 2 rings (SSSR count). The first-order valence-corrected chi connectivity index (χ1v) is 6.25. The summed E-state index contributed by atoms with van der Waals surface area (Å²) in [5, 5.41) is 0.591. The number of aromatic nitrogens is 2. The summed E-state index contributed by atoms with van der Waals surface area (Å²) in [4.78, 5) is 3.97. The van der Waals surface area contributed by atoms with Gasteiger partial charge in [0.05, 0.1) is 0 Å². The molecule has 2 nitrogen and oxygen atoms in total. The third-order valence-corrected chi connectivity index (χ3v) is 3.51. The normalized spacial score (nSPS) is 10.5. The zero-order valence-corrected chi connectivity index (χ0v) is 9.87.